The average molecular weight is 276 g/mol. The van der Waals surface area contributed by atoms with Crippen molar-refractivity contribution in [3.8, 4) is 11.6 Å². The van der Waals surface area contributed by atoms with Crippen LogP contribution in [0.3, 0.4) is 0 Å². The molecule has 21 heavy (non-hydrogen) atoms. The molecule has 3 aromatic rings. The first-order valence-corrected chi connectivity index (χ1v) is 7.38. The van der Waals surface area contributed by atoms with Crippen LogP contribution in [0, 0.1) is 0 Å². The van der Waals surface area contributed by atoms with Crippen LogP contribution in [0.25, 0.3) is 10.9 Å². The Morgan fingerprint density at radius 2 is 1.71 bits per heavy atom. The maximum absolute atomic E-state index is 6.13. The van der Waals surface area contributed by atoms with Crippen molar-refractivity contribution in [3.63, 3.8) is 0 Å². The van der Waals surface area contributed by atoms with Crippen LogP contribution < -0.4 is 4.74 Å². The summed E-state index contributed by atoms with van der Waals surface area (Å²) in [5.41, 5.74) is 2.20. The van der Waals surface area contributed by atoms with Gasteiger partial charge in [0.1, 0.15) is 12.1 Å². The lowest BCUT2D eigenvalue weighted by molar-refractivity contribution is 0.394. The summed E-state index contributed by atoms with van der Waals surface area (Å²) in [4.78, 5) is 8.59. The quantitative estimate of drug-likeness (QED) is 0.696. The second-order valence-corrected chi connectivity index (χ2v) is 5.46. The highest BCUT2D eigenvalue weighted by atomic mass is 16.5. The highest BCUT2D eigenvalue weighted by molar-refractivity contribution is 5.83. The molecule has 3 heteroatoms. The minimum Gasteiger partial charge on any atom is -0.438 e. The summed E-state index contributed by atoms with van der Waals surface area (Å²) in [7, 11) is 0. The third-order valence-electron chi connectivity index (χ3n) is 4.18. The second kappa shape index (κ2) is 5.17. The van der Waals surface area contributed by atoms with Crippen molar-refractivity contribution in [3.05, 3.63) is 60.4 Å². The van der Waals surface area contributed by atoms with E-state index in [1.807, 2.05) is 36.4 Å². The largest absolute Gasteiger partial charge is 0.438 e. The van der Waals surface area contributed by atoms with Gasteiger partial charge < -0.3 is 4.74 Å². The van der Waals surface area contributed by atoms with Crippen molar-refractivity contribution >= 4 is 10.9 Å². The van der Waals surface area contributed by atoms with E-state index < -0.39 is 0 Å². The Labute approximate surface area is 123 Å². The smallest absolute Gasteiger partial charge is 0.230 e. The van der Waals surface area contributed by atoms with Crippen molar-refractivity contribution in [2.45, 2.75) is 25.2 Å². The fourth-order valence-corrected chi connectivity index (χ4v) is 2.80. The van der Waals surface area contributed by atoms with E-state index in [9.17, 15) is 0 Å². The minimum atomic E-state index is 0.632. The molecule has 2 aromatic carbocycles. The summed E-state index contributed by atoms with van der Waals surface area (Å²) < 4.78 is 6.13. The number of benzene rings is 2. The molecule has 1 heterocycles. The Morgan fingerprint density at radius 3 is 2.57 bits per heavy atom. The van der Waals surface area contributed by atoms with Crippen molar-refractivity contribution in [1.82, 2.24) is 9.97 Å². The van der Waals surface area contributed by atoms with Gasteiger partial charge in [-0.3, -0.25) is 0 Å². The zero-order chi connectivity index (χ0) is 14.1. The summed E-state index contributed by atoms with van der Waals surface area (Å²) in [6, 6.07) is 16.2. The van der Waals surface area contributed by atoms with Gasteiger partial charge in [0.2, 0.25) is 5.88 Å². The molecule has 1 saturated carbocycles. The van der Waals surface area contributed by atoms with Gasteiger partial charge in [0, 0.05) is 0 Å². The number of nitrogens with zero attached hydrogens (tertiary/aromatic N) is 2. The molecule has 104 valence electrons. The molecule has 1 aliphatic carbocycles. The highest BCUT2D eigenvalue weighted by Crippen LogP contribution is 2.42. The van der Waals surface area contributed by atoms with E-state index in [-0.39, 0.29) is 0 Å². The number of para-hydroxylation sites is 2. The molecule has 0 unspecified atom stereocenters. The first-order chi connectivity index (χ1) is 10.4. The topological polar surface area (TPSA) is 35.0 Å². The Balaban J connectivity index is 1.75. The van der Waals surface area contributed by atoms with Gasteiger partial charge in [-0.05, 0) is 42.5 Å². The molecule has 0 radical (unpaired) electrons. The fraction of sp³-hybridized carbons (Fsp3) is 0.222. The maximum Gasteiger partial charge on any atom is 0.230 e. The van der Waals surface area contributed by atoms with Crippen LogP contribution >= 0.6 is 0 Å². The van der Waals surface area contributed by atoms with Gasteiger partial charge in [-0.25, -0.2) is 9.97 Å². The van der Waals surface area contributed by atoms with E-state index in [4.69, 9.17) is 4.74 Å². The van der Waals surface area contributed by atoms with Crippen molar-refractivity contribution < 1.29 is 4.74 Å². The summed E-state index contributed by atoms with van der Waals surface area (Å²) in [5, 5.41) is 0.948. The van der Waals surface area contributed by atoms with Gasteiger partial charge in [-0.15, -0.1) is 0 Å². The zero-order valence-corrected chi connectivity index (χ0v) is 11.7. The number of aromatic nitrogens is 2. The lowest BCUT2D eigenvalue weighted by Gasteiger charge is -2.27. The predicted octanol–water partition coefficient (Wildman–Crippen LogP) is 4.69. The standard InChI is InChI=1S/C18H16N2O/c1-3-10-16-15(9-1)18(20-12-19-16)21-17-11-4-2-8-14(17)13-6-5-7-13/h1-4,8-13H,5-7H2. The first-order valence-electron chi connectivity index (χ1n) is 7.38. The molecule has 0 spiro atoms. The van der Waals surface area contributed by atoms with Crippen LogP contribution in [0.1, 0.15) is 30.7 Å². The van der Waals surface area contributed by atoms with Gasteiger partial charge in [0.25, 0.3) is 0 Å². The normalized spacial score (nSPS) is 14.9. The van der Waals surface area contributed by atoms with Gasteiger partial charge in [0.15, 0.2) is 0 Å². The summed E-state index contributed by atoms with van der Waals surface area (Å²) >= 11 is 0. The zero-order valence-electron chi connectivity index (χ0n) is 11.7. The molecule has 0 atom stereocenters. The van der Waals surface area contributed by atoms with E-state index in [1.54, 1.807) is 6.33 Å². The SMILES string of the molecule is c1ccc(C2CCC2)c(Oc2ncnc3ccccc23)c1. The average Bonchev–Trinajstić information content (AvgIpc) is 2.48. The van der Waals surface area contributed by atoms with E-state index in [1.165, 1.54) is 24.8 Å². The summed E-state index contributed by atoms with van der Waals surface area (Å²) in [5.74, 6) is 2.19. The van der Waals surface area contributed by atoms with Crippen LogP contribution in [0.5, 0.6) is 11.6 Å². The van der Waals surface area contributed by atoms with E-state index in [2.05, 4.69) is 22.1 Å². The van der Waals surface area contributed by atoms with Gasteiger partial charge >= 0.3 is 0 Å². The molecule has 0 aliphatic heterocycles. The number of hydrogen-bond donors (Lipinski definition) is 0. The van der Waals surface area contributed by atoms with Crippen molar-refractivity contribution in [2.75, 3.05) is 0 Å². The van der Waals surface area contributed by atoms with Crippen LogP contribution in [-0.4, -0.2) is 9.97 Å². The van der Waals surface area contributed by atoms with Gasteiger partial charge in [0.05, 0.1) is 10.9 Å². The molecule has 0 N–H and O–H groups in total. The highest BCUT2D eigenvalue weighted by Gasteiger charge is 2.23. The van der Waals surface area contributed by atoms with Crippen molar-refractivity contribution in [2.24, 2.45) is 0 Å². The second-order valence-electron chi connectivity index (χ2n) is 5.46. The monoisotopic (exact) mass is 276 g/mol. The molecule has 0 bridgehead atoms. The summed E-state index contributed by atoms with van der Waals surface area (Å²) in [6.07, 6.45) is 5.38. The number of rotatable bonds is 3. The van der Waals surface area contributed by atoms with E-state index in [0.717, 1.165) is 16.7 Å². The van der Waals surface area contributed by atoms with Gasteiger partial charge in [-0.2, -0.15) is 0 Å². The third-order valence-corrected chi connectivity index (χ3v) is 4.18. The molecule has 1 fully saturated rings. The van der Waals surface area contributed by atoms with Crippen LogP contribution in [0.4, 0.5) is 0 Å². The fourth-order valence-electron chi connectivity index (χ4n) is 2.80. The Kier molecular flexibility index (Phi) is 3.03. The molecule has 1 aromatic heterocycles. The number of ether oxygens (including phenoxy) is 1. The third kappa shape index (κ3) is 2.25. The first kappa shape index (κ1) is 12.3. The maximum atomic E-state index is 6.13. The van der Waals surface area contributed by atoms with Crippen molar-refractivity contribution in [1.29, 1.82) is 0 Å². The molecule has 0 saturated heterocycles. The molecule has 3 nitrogen and oxygen atoms in total. The Morgan fingerprint density at radius 1 is 0.905 bits per heavy atom. The molecular formula is C18H16N2O. The Bertz CT molecular complexity index is 776. The molecule has 0 amide bonds. The van der Waals surface area contributed by atoms with Crippen LogP contribution in [0.2, 0.25) is 0 Å². The number of hydrogen-bond acceptors (Lipinski definition) is 3. The molecular weight excluding hydrogens is 260 g/mol. The number of fused-ring (bicyclic) bond motifs is 1. The lowest BCUT2D eigenvalue weighted by atomic mass is 9.80. The minimum absolute atomic E-state index is 0.632. The van der Waals surface area contributed by atoms with E-state index in [0.29, 0.717) is 11.8 Å². The predicted molar refractivity (Wildman–Crippen MR) is 82.6 cm³/mol. The summed E-state index contributed by atoms with van der Waals surface area (Å²) in [6.45, 7) is 0. The molecule has 4 rings (SSSR count). The Hall–Kier alpha value is -2.42. The van der Waals surface area contributed by atoms with E-state index >= 15 is 0 Å². The molecule has 1 aliphatic rings. The lowest BCUT2D eigenvalue weighted by Crippen LogP contribution is -2.09. The van der Waals surface area contributed by atoms with Crippen LogP contribution in [0.15, 0.2) is 54.9 Å². The van der Waals surface area contributed by atoms with Crippen LogP contribution in [-0.2, 0) is 0 Å². The van der Waals surface area contributed by atoms with Gasteiger partial charge in [-0.1, -0.05) is 36.8 Å².